The Balaban J connectivity index is 3.98. The minimum atomic E-state index is -1.30. The van der Waals surface area contributed by atoms with Gasteiger partial charge in [0.15, 0.2) is 0 Å². The van der Waals surface area contributed by atoms with Crippen LogP contribution in [0.1, 0.15) is 13.8 Å². The standard InChI is InChI=1S/C8H17N3O4/c1-5(6(13)11-7(9)14)10-3-8(2,15)4-12/h5,10,12,15H,3-4H2,1-2H3,(H3,9,11,13,14). The molecule has 0 aliphatic carbocycles. The van der Waals surface area contributed by atoms with Crippen LogP contribution in [0.15, 0.2) is 0 Å². The molecule has 0 heterocycles. The lowest BCUT2D eigenvalue weighted by Gasteiger charge is -2.23. The lowest BCUT2D eigenvalue weighted by molar-refractivity contribution is -0.121. The zero-order valence-electron chi connectivity index (χ0n) is 8.78. The van der Waals surface area contributed by atoms with E-state index in [9.17, 15) is 14.7 Å². The number of primary amides is 1. The van der Waals surface area contributed by atoms with E-state index in [1.54, 1.807) is 0 Å². The lowest BCUT2D eigenvalue weighted by Crippen LogP contribution is -2.51. The highest BCUT2D eigenvalue weighted by atomic mass is 16.3. The van der Waals surface area contributed by atoms with Crippen molar-refractivity contribution in [2.24, 2.45) is 5.73 Å². The van der Waals surface area contributed by atoms with Crippen molar-refractivity contribution in [1.82, 2.24) is 10.6 Å². The number of aliphatic hydroxyl groups is 2. The maximum Gasteiger partial charge on any atom is 0.318 e. The average molecular weight is 219 g/mol. The van der Waals surface area contributed by atoms with Crippen molar-refractivity contribution in [2.75, 3.05) is 13.2 Å². The Morgan fingerprint density at radius 2 is 2.07 bits per heavy atom. The summed E-state index contributed by atoms with van der Waals surface area (Å²) in [5.41, 5.74) is 3.45. The average Bonchev–Trinajstić information content (AvgIpc) is 2.13. The summed E-state index contributed by atoms with van der Waals surface area (Å²) in [7, 11) is 0. The predicted molar refractivity (Wildman–Crippen MR) is 52.9 cm³/mol. The Kier molecular flexibility index (Phi) is 5.20. The summed E-state index contributed by atoms with van der Waals surface area (Å²) < 4.78 is 0. The van der Waals surface area contributed by atoms with Gasteiger partial charge in [0.2, 0.25) is 5.91 Å². The molecule has 7 nitrogen and oxygen atoms in total. The van der Waals surface area contributed by atoms with Gasteiger partial charge in [0.25, 0.3) is 0 Å². The van der Waals surface area contributed by atoms with Gasteiger partial charge in [-0.25, -0.2) is 4.79 Å². The van der Waals surface area contributed by atoms with Crippen LogP contribution in [0.4, 0.5) is 4.79 Å². The highest BCUT2D eigenvalue weighted by Gasteiger charge is 2.22. The first-order valence-electron chi connectivity index (χ1n) is 4.45. The van der Waals surface area contributed by atoms with Crippen LogP contribution in [0.3, 0.4) is 0 Å². The number of imide groups is 1. The zero-order chi connectivity index (χ0) is 12.1. The predicted octanol–water partition coefficient (Wildman–Crippen LogP) is -2.10. The van der Waals surface area contributed by atoms with E-state index in [2.05, 4.69) is 5.32 Å². The third kappa shape index (κ3) is 6.00. The number of urea groups is 1. The molecule has 0 aromatic heterocycles. The highest BCUT2D eigenvalue weighted by molar-refractivity contribution is 5.96. The number of carbonyl (C=O) groups excluding carboxylic acids is 2. The highest BCUT2D eigenvalue weighted by Crippen LogP contribution is 1.99. The number of hydrogen-bond acceptors (Lipinski definition) is 5. The molecule has 0 bridgehead atoms. The van der Waals surface area contributed by atoms with Gasteiger partial charge in [-0.2, -0.15) is 0 Å². The van der Waals surface area contributed by atoms with Crippen molar-refractivity contribution in [3.05, 3.63) is 0 Å². The van der Waals surface area contributed by atoms with Crippen LogP contribution in [0.25, 0.3) is 0 Å². The Labute approximate surface area is 87.6 Å². The number of aliphatic hydroxyl groups excluding tert-OH is 1. The molecule has 0 rings (SSSR count). The van der Waals surface area contributed by atoms with Gasteiger partial charge >= 0.3 is 6.03 Å². The van der Waals surface area contributed by atoms with E-state index in [0.717, 1.165) is 0 Å². The SMILES string of the molecule is CC(NCC(C)(O)CO)C(=O)NC(N)=O. The van der Waals surface area contributed by atoms with Gasteiger partial charge < -0.3 is 21.3 Å². The second kappa shape index (κ2) is 5.64. The number of hydrogen-bond donors (Lipinski definition) is 5. The molecule has 0 aromatic rings. The summed E-state index contributed by atoms with van der Waals surface area (Å²) >= 11 is 0. The summed E-state index contributed by atoms with van der Waals surface area (Å²) in [6.07, 6.45) is 0. The molecule has 0 aromatic carbocycles. The quantitative estimate of drug-likeness (QED) is 0.362. The summed E-state index contributed by atoms with van der Waals surface area (Å²) in [5, 5.41) is 22.7. The second-order valence-electron chi connectivity index (χ2n) is 3.61. The maximum absolute atomic E-state index is 11.1. The summed E-state index contributed by atoms with van der Waals surface area (Å²) in [4.78, 5) is 21.5. The number of nitrogens with one attached hydrogen (secondary N) is 2. The summed E-state index contributed by atoms with van der Waals surface area (Å²) in [6.45, 7) is 2.52. The first-order valence-corrected chi connectivity index (χ1v) is 4.45. The molecule has 88 valence electrons. The van der Waals surface area contributed by atoms with Crippen LogP contribution >= 0.6 is 0 Å². The van der Waals surface area contributed by atoms with Crippen molar-refractivity contribution >= 4 is 11.9 Å². The van der Waals surface area contributed by atoms with E-state index in [4.69, 9.17) is 10.8 Å². The monoisotopic (exact) mass is 219 g/mol. The first kappa shape index (κ1) is 13.8. The van der Waals surface area contributed by atoms with Crippen LogP contribution in [0.2, 0.25) is 0 Å². The third-order valence-electron chi connectivity index (χ3n) is 1.77. The van der Waals surface area contributed by atoms with Gasteiger partial charge in [0, 0.05) is 6.54 Å². The zero-order valence-corrected chi connectivity index (χ0v) is 8.78. The maximum atomic E-state index is 11.1. The molecular weight excluding hydrogens is 202 g/mol. The molecule has 7 heteroatoms. The molecule has 0 aliphatic heterocycles. The molecule has 15 heavy (non-hydrogen) atoms. The Bertz CT molecular complexity index is 242. The van der Waals surface area contributed by atoms with Crippen molar-refractivity contribution < 1.29 is 19.8 Å². The summed E-state index contributed by atoms with van der Waals surface area (Å²) in [5.74, 6) is -0.587. The summed E-state index contributed by atoms with van der Waals surface area (Å²) in [6, 6.07) is -1.61. The van der Waals surface area contributed by atoms with E-state index in [1.807, 2.05) is 5.32 Å². The van der Waals surface area contributed by atoms with Crippen LogP contribution in [-0.2, 0) is 4.79 Å². The fourth-order valence-corrected chi connectivity index (χ4v) is 0.751. The smallest absolute Gasteiger partial charge is 0.318 e. The molecule has 6 N–H and O–H groups in total. The van der Waals surface area contributed by atoms with Crippen molar-refractivity contribution in [1.29, 1.82) is 0 Å². The van der Waals surface area contributed by atoms with E-state index >= 15 is 0 Å². The van der Waals surface area contributed by atoms with Crippen LogP contribution < -0.4 is 16.4 Å². The Hall–Kier alpha value is -1.18. The first-order chi connectivity index (χ1) is 6.78. The molecule has 0 aliphatic rings. The molecule has 0 radical (unpaired) electrons. The molecule has 3 amide bonds. The molecule has 2 atom stereocenters. The fourth-order valence-electron chi connectivity index (χ4n) is 0.751. The lowest BCUT2D eigenvalue weighted by atomic mass is 10.1. The van der Waals surface area contributed by atoms with Crippen LogP contribution in [-0.4, -0.2) is 46.9 Å². The molecular formula is C8H17N3O4. The van der Waals surface area contributed by atoms with E-state index < -0.39 is 30.2 Å². The number of rotatable bonds is 5. The minimum absolute atomic E-state index is 0.0247. The van der Waals surface area contributed by atoms with Gasteiger partial charge in [-0.15, -0.1) is 0 Å². The second-order valence-corrected chi connectivity index (χ2v) is 3.61. The van der Waals surface area contributed by atoms with E-state index in [-0.39, 0.29) is 6.54 Å². The molecule has 0 saturated carbocycles. The van der Waals surface area contributed by atoms with E-state index in [1.165, 1.54) is 13.8 Å². The van der Waals surface area contributed by atoms with Crippen LogP contribution in [0, 0.1) is 0 Å². The Morgan fingerprint density at radius 3 is 2.47 bits per heavy atom. The van der Waals surface area contributed by atoms with E-state index in [0.29, 0.717) is 0 Å². The normalized spacial score (nSPS) is 16.5. The minimum Gasteiger partial charge on any atom is -0.393 e. The van der Waals surface area contributed by atoms with Gasteiger partial charge in [-0.1, -0.05) is 0 Å². The topological polar surface area (TPSA) is 125 Å². The number of nitrogens with two attached hydrogens (primary N) is 1. The van der Waals surface area contributed by atoms with Gasteiger partial charge in [0.05, 0.1) is 18.2 Å². The largest absolute Gasteiger partial charge is 0.393 e. The molecule has 0 saturated heterocycles. The molecule has 0 spiro atoms. The molecule has 0 fully saturated rings. The number of carbonyl (C=O) groups is 2. The third-order valence-corrected chi connectivity index (χ3v) is 1.77. The number of amides is 3. The Morgan fingerprint density at radius 1 is 1.53 bits per heavy atom. The molecule has 2 unspecified atom stereocenters. The van der Waals surface area contributed by atoms with Crippen molar-refractivity contribution in [3.8, 4) is 0 Å². The fraction of sp³-hybridized carbons (Fsp3) is 0.750. The van der Waals surface area contributed by atoms with Crippen LogP contribution in [0.5, 0.6) is 0 Å². The van der Waals surface area contributed by atoms with Gasteiger partial charge in [0.1, 0.15) is 0 Å². The van der Waals surface area contributed by atoms with Gasteiger partial charge in [-0.05, 0) is 13.8 Å². The van der Waals surface area contributed by atoms with Crippen molar-refractivity contribution in [3.63, 3.8) is 0 Å². The van der Waals surface area contributed by atoms with Gasteiger partial charge in [-0.3, -0.25) is 10.1 Å². The van der Waals surface area contributed by atoms with Crippen molar-refractivity contribution in [2.45, 2.75) is 25.5 Å².